The first-order chi connectivity index (χ1) is 14.1. The first-order valence-electron chi connectivity index (χ1n) is 8.95. The van der Waals surface area contributed by atoms with Crippen LogP contribution in [-0.2, 0) is 0 Å². The van der Waals surface area contributed by atoms with Crippen molar-refractivity contribution < 1.29 is 9.59 Å². The van der Waals surface area contributed by atoms with E-state index in [1.165, 1.54) is 11.8 Å². The van der Waals surface area contributed by atoms with Gasteiger partial charge in [0, 0.05) is 40.0 Å². The van der Waals surface area contributed by atoms with Crippen LogP contribution in [0.1, 0.15) is 10.4 Å². The van der Waals surface area contributed by atoms with E-state index in [0.717, 1.165) is 20.1 Å². The van der Waals surface area contributed by atoms with Crippen LogP contribution in [-0.4, -0.2) is 30.0 Å². The summed E-state index contributed by atoms with van der Waals surface area (Å²) in [5.41, 5.74) is 1.94. The number of nitrogens with one attached hydrogen (secondary N) is 2. The van der Waals surface area contributed by atoms with Crippen molar-refractivity contribution in [2.75, 3.05) is 23.3 Å². The number of pyridine rings is 1. The van der Waals surface area contributed by atoms with E-state index in [0.29, 0.717) is 24.3 Å². The van der Waals surface area contributed by atoms with Gasteiger partial charge in [0.2, 0.25) is 0 Å². The molecule has 2 N–H and O–H groups in total. The van der Waals surface area contributed by atoms with Crippen molar-refractivity contribution in [2.24, 2.45) is 0 Å². The van der Waals surface area contributed by atoms with Crippen molar-refractivity contribution in [3.63, 3.8) is 0 Å². The second-order valence-electron chi connectivity index (χ2n) is 6.30. The Morgan fingerprint density at radius 1 is 1.14 bits per heavy atom. The Bertz CT molecular complexity index is 1060. The molecule has 146 valence electrons. The van der Waals surface area contributed by atoms with Gasteiger partial charge in [-0.2, -0.15) is 0 Å². The molecular weight excluding hydrogens is 452 g/mol. The van der Waals surface area contributed by atoms with Gasteiger partial charge in [-0.15, -0.1) is 0 Å². The Labute approximate surface area is 180 Å². The number of carbonyl (C=O) groups excluding carboxylic acids is 2. The van der Waals surface area contributed by atoms with Crippen molar-refractivity contribution in [1.82, 2.24) is 10.3 Å². The number of aromatic nitrogens is 1. The SMILES string of the molecule is O=C(Nc1cccc(N2CCNC2=O)c1)c1ccccc1Sc1ccc(Br)cn1. The van der Waals surface area contributed by atoms with Crippen LogP contribution in [0.5, 0.6) is 0 Å². The van der Waals surface area contributed by atoms with Crippen LogP contribution >= 0.6 is 27.7 Å². The van der Waals surface area contributed by atoms with Crippen molar-refractivity contribution in [2.45, 2.75) is 9.92 Å². The number of rotatable bonds is 5. The van der Waals surface area contributed by atoms with E-state index in [1.807, 2.05) is 42.5 Å². The molecule has 2 heterocycles. The highest BCUT2D eigenvalue weighted by atomic mass is 79.9. The van der Waals surface area contributed by atoms with Crippen molar-refractivity contribution in [3.8, 4) is 0 Å². The number of nitrogens with zero attached hydrogens (tertiary/aromatic N) is 2. The van der Waals surface area contributed by atoms with Crippen molar-refractivity contribution in [3.05, 3.63) is 76.9 Å². The minimum Gasteiger partial charge on any atom is -0.336 e. The standard InChI is InChI=1S/C21H17BrN4O2S/c22-14-8-9-19(24-13-14)29-18-7-2-1-6-17(18)20(27)25-15-4-3-5-16(12-15)26-11-10-23-21(26)28/h1-9,12-13H,10-11H2,(H,23,28)(H,25,27). The van der Waals surface area contributed by atoms with Crippen LogP contribution in [0.25, 0.3) is 0 Å². The largest absolute Gasteiger partial charge is 0.336 e. The van der Waals surface area contributed by atoms with Crippen LogP contribution < -0.4 is 15.5 Å². The smallest absolute Gasteiger partial charge is 0.321 e. The summed E-state index contributed by atoms with van der Waals surface area (Å²) in [6.07, 6.45) is 1.73. The third-order valence-corrected chi connectivity index (χ3v) is 5.81. The molecule has 6 nitrogen and oxygen atoms in total. The molecular formula is C21H17BrN4O2S. The molecule has 1 aliphatic heterocycles. The summed E-state index contributed by atoms with van der Waals surface area (Å²) >= 11 is 4.81. The lowest BCUT2D eigenvalue weighted by molar-refractivity contribution is 0.102. The molecule has 1 saturated heterocycles. The first-order valence-corrected chi connectivity index (χ1v) is 10.6. The van der Waals surface area contributed by atoms with Crippen LogP contribution in [0.2, 0.25) is 0 Å². The van der Waals surface area contributed by atoms with Crippen molar-refractivity contribution >= 4 is 51.0 Å². The van der Waals surface area contributed by atoms with Gasteiger partial charge in [-0.1, -0.05) is 30.0 Å². The molecule has 29 heavy (non-hydrogen) atoms. The summed E-state index contributed by atoms with van der Waals surface area (Å²) in [7, 11) is 0. The lowest BCUT2D eigenvalue weighted by Gasteiger charge is -2.16. The maximum atomic E-state index is 12.9. The highest BCUT2D eigenvalue weighted by Gasteiger charge is 2.21. The van der Waals surface area contributed by atoms with Crippen molar-refractivity contribution in [1.29, 1.82) is 0 Å². The fourth-order valence-electron chi connectivity index (χ4n) is 2.95. The molecule has 8 heteroatoms. The van der Waals surface area contributed by atoms with Gasteiger partial charge in [-0.05, 0) is 58.4 Å². The fourth-order valence-corrected chi connectivity index (χ4v) is 4.07. The number of amides is 3. The van der Waals surface area contributed by atoms with E-state index in [4.69, 9.17) is 0 Å². The number of urea groups is 1. The van der Waals surface area contributed by atoms with E-state index in [-0.39, 0.29) is 11.9 Å². The molecule has 0 radical (unpaired) electrons. The minimum atomic E-state index is -0.215. The summed E-state index contributed by atoms with van der Waals surface area (Å²) < 4.78 is 0.902. The molecule has 0 atom stereocenters. The highest BCUT2D eigenvalue weighted by Crippen LogP contribution is 2.30. The first kappa shape index (κ1) is 19.5. The number of halogens is 1. The number of anilines is 2. The normalized spacial score (nSPS) is 13.3. The van der Waals surface area contributed by atoms with Gasteiger partial charge in [-0.25, -0.2) is 9.78 Å². The zero-order valence-electron chi connectivity index (χ0n) is 15.3. The van der Waals surface area contributed by atoms with E-state index in [9.17, 15) is 9.59 Å². The van der Waals surface area contributed by atoms with Gasteiger partial charge in [0.1, 0.15) is 5.03 Å². The zero-order chi connectivity index (χ0) is 20.2. The Hall–Kier alpha value is -2.84. The lowest BCUT2D eigenvalue weighted by Crippen LogP contribution is -2.27. The van der Waals surface area contributed by atoms with Crippen LogP contribution in [0.3, 0.4) is 0 Å². The van der Waals surface area contributed by atoms with Gasteiger partial charge in [0.05, 0.1) is 5.56 Å². The summed E-state index contributed by atoms with van der Waals surface area (Å²) in [6.45, 7) is 1.22. The molecule has 0 aliphatic carbocycles. The number of hydrogen-bond donors (Lipinski definition) is 2. The quantitative estimate of drug-likeness (QED) is 0.564. The molecule has 1 fully saturated rings. The summed E-state index contributed by atoms with van der Waals surface area (Å²) in [6, 6.07) is 18.4. The second-order valence-corrected chi connectivity index (χ2v) is 8.28. The Morgan fingerprint density at radius 3 is 2.76 bits per heavy atom. The maximum absolute atomic E-state index is 12.9. The summed E-state index contributed by atoms with van der Waals surface area (Å²) in [4.78, 5) is 31.6. The molecule has 2 aromatic carbocycles. The highest BCUT2D eigenvalue weighted by molar-refractivity contribution is 9.10. The van der Waals surface area contributed by atoms with Gasteiger partial charge >= 0.3 is 6.03 Å². The van der Waals surface area contributed by atoms with E-state index < -0.39 is 0 Å². The van der Waals surface area contributed by atoms with E-state index in [2.05, 4.69) is 31.5 Å². The second kappa shape index (κ2) is 8.67. The molecule has 0 spiro atoms. The predicted octanol–water partition coefficient (Wildman–Crippen LogP) is 4.78. The van der Waals surface area contributed by atoms with E-state index >= 15 is 0 Å². The molecule has 0 saturated carbocycles. The number of benzene rings is 2. The topological polar surface area (TPSA) is 74.3 Å². The molecule has 3 aromatic rings. The Balaban J connectivity index is 1.53. The number of hydrogen-bond acceptors (Lipinski definition) is 4. The summed E-state index contributed by atoms with van der Waals surface area (Å²) in [5, 5.41) is 6.51. The molecule has 1 aromatic heterocycles. The third-order valence-electron chi connectivity index (χ3n) is 4.32. The summed E-state index contributed by atoms with van der Waals surface area (Å²) in [5.74, 6) is -0.215. The van der Waals surface area contributed by atoms with Crippen LogP contribution in [0, 0.1) is 0 Å². The Kier molecular flexibility index (Phi) is 5.82. The Morgan fingerprint density at radius 2 is 2.00 bits per heavy atom. The predicted molar refractivity (Wildman–Crippen MR) is 118 cm³/mol. The van der Waals surface area contributed by atoms with E-state index in [1.54, 1.807) is 29.3 Å². The molecule has 4 rings (SSSR count). The van der Waals surface area contributed by atoms with Gasteiger partial charge < -0.3 is 10.6 Å². The molecule has 0 unspecified atom stereocenters. The average Bonchev–Trinajstić information content (AvgIpc) is 3.16. The number of carbonyl (C=O) groups is 2. The fraction of sp³-hybridized carbons (Fsp3) is 0.0952. The monoisotopic (exact) mass is 468 g/mol. The molecule has 0 bridgehead atoms. The van der Waals surface area contributed by atoms with Crippen LogP contribution in [0.15, 0.2) is 81.3 Å². The average molecular weight is 469 g/mol. The van der Waals surface area contributed by atoms with Gasteiger partial charge in [0.25, 0.3) is 5.91 Å². The molecule has 1 aliphatic rings. The van der Waals surface area contributed by atoms with Gasteiger partial charge in [-0.3, -0.25) is 9.69 Å². The third kappa shape index (κ3) is 4.60. The zero-order valence-corrected chi connectivity index (χ0v) is 17.7. The van der Waals surface area contributed by atoms with Gasteiger partial charge in [0.15, 0.2) is 0 Å². The molecule has 3 amide bonds. The lowest BCUT2D eigenvalue weighted by atomic mass is 10.2. The van der Waals surface area contributed by atoms with Crippen LogP contribution in [0.4, 0.5) is 16.2 Å². The minimum absolute atomic E-state index is 0.128. The maximum Gasteiger partial charge on any atom is 0.321 e.